The molecule has 2 aliphatic heterocycles. The summed E-state index contributed by atoms with van der Waals surface area (Å²) in [6, 6.07) is 12.8. The average molecular weight is 524 g/mol. The van der Waals surface area contributed by atoms with E-state index >= 15 is 0 Å². The SMILES string of the molecule is CCOC(=O)C1=C(CN2CCN(c3ccc([N+](=O)[O-])cc3)CC2)NC(=O)NC1c1ccc(OC(C)C)cc1. The number of esters is 1. The van der Waals surface area contributed by atoms with Crippen molar-refractivity contribution in [1.82, 2.24) is 15.5 Å². The van der Waals surface area contributed by atoms with E-state index in [9.17, 15) is 19.7 Å². The minimum atomic E-state index is -0.660. The number of nitro groups is 1. The minimum Gasteiger partial charge on any atom is -0.491 e. The van der Waals surface area contributed by atoms with Crippen LogP contribution in [0, 0.1) is 10.1 Å². The van der Waals surface area contributed by atoms with Gasteiger partial charge in [0, 0.05) is 56.2 Å². The van der Waals surface area contributed by atoms with Gasteiger partial charge in [-0.1, -0.05) is 12.1 Å². The zero-order valence-electron chi connectivity index (χ0n) is 21.8. The number of urea groups is 1. The number of non-ortho nitro benzene ring substituents is 1. The first kappa shape index (κ1) is 26.9. The predicted octanol–water partition coefficient (Wildman–Crippen LogP) is 3.38. The zero-order chi connectivity index (χ0) is 27.2. The number of hydrogen-bond donors (Lipinski definition) is 2. The summed E-state index contributed by atoms with van der Waals surface area (Å²) in [6.45, 7) is 9.00. The van der Waals surface area contributed by atoms with E-state index < -0.39 is 16.9 Å². The van der Waals surface area contributed by atoms with E-state index in [-0.39, 0.29) is 24.4 Å². The first-order valence-electron chi connectivity index (χ1n) is 12.7. The molecular formula is C27H33N5O6. The molecule has 4 rings (SSSR count). The Balaban J connectivity index is 1.51. The lowest BCUT2D eigenvalue weighted by molar-refractivity contribution is -0.384. The van der Waals surface area contributed by atoms with Gasteiger partial charge in [0.25, 0.3) is 5.69 Å². The minimum absolute atomic E-state index is 0.0295. The second-order valence-electron chi connectivity index (χ2n) is 9.42. The highest BCUT2D eigenvalue weighted by Crippen LogP contribution is 2.30. The number of anilines is 1. The van der Waals surface area contributed by atoms with Gasteiger partial charge in [-0.3, -0.25) is 15.0 Å². The highest BCUT2D eigenvalue weighted by atomic mass is 16.6. The van der Waals surface area contributed by atoms with Crippen LogP contribution in [0.4, 0.5) is 16.2 Å². The number of nitrogens with zero attached hydrogens (tertiary/aromatic N) is 3. The highest BCUT2D eigenvalue weighted by molar-refractivity contribution is 5.95. The fourth-order valence-corrected chi connectivity index (χ4v) is 4.63. The zero-order valence-corrected chi connectivity index (χ0v) is 21.8. The lowest BCUT2D eigenvalue weighted by atomic mass is 9.94. The topological polar surface area (TPSA) is 126 Å². The van der Waals surface area contributed by atoms with E-state index in [0.717, 1.165) is 11.3 Å². The number of nitrogens with one attached hydrogen (secondary N) is 2. The predicted molar refractivity (Wildman–Crippen MR) is 142 cm³/mol. The summed E-state index contributed by atoms with van der Waals surface area (Å²) in [5, 5.41) is 16.6. The van der Waals surface area contributed by atoms with Gasteiger partial charge in [-0.05, 0) is 50.6 Å². The number of carbonyl (C=O) groups is 2. The van der Waals surface area contributed by atoms with Crippen molar-refractivity contribution in [2.45, 2.75) is 32.9 Å². The molecule has 1 saturated heterocycles. The number of hydrogen-bond acceptors (Lipinski definition) is 8. The third-order valence-corrected chi connectivity index (χ3v) is 6.41. The van der Waals surface area contributed by atoms with Gasteiger partial charge in [0.2, 0.25) is 0 Å². The van der Waals surface area contributed by atoms with Crippen LogP contribution < -0.4 is 20.3 Å². The Labute approximate surface area is 221 Å². The van der Waals surface area contributed by atoms with E-state index in [4.69, 9.17) is 9.47 Å². The van der Waals surface area contributed by atoms with Gasteiger partial charge < -0.3 is 25.0 Å². The van der Waals surface area contributed by atoms with Crippen molar-refractivity contribution in [3.8, 4) is 5.75 Å². The molecule has 1 atom stereocenters. The molecule has 2 aliphatic rings. The molecule has 0 spiro atoms. The summed E-state index contributed by atoms with van der Waals surface area (Å²) in [4.78, 5) is 40.6. The maximum atomic E-state index is 13.1. The number of ether oxygens (including phenoxy) is 2. The summed E-state index contributed by atoms with van der Waals surface area (Å²) in [7, 11) is 0. The van der Waals surface area contributed by atoms with Crippen LogP contribution in [0.25, 0.3) is 0 Å². The Morgan fingerprint density at radius 2 is 1.74 bits per heavy atom. The molecule has 38 heavy (non-hydrogen) atoms. The second kappa shape index (κ2) is 12.0. The molecule has 11 heteroatoms. The Morgan fingerprint density at radius 3 is 2.32 bits per heavy atom. The third kappa shape index (κ3) is 6.41. The lowest BCUT2D eigenvalue weighted by Crippen LogP contribution is -2.51. The molecule has 0 aliphatic carbocycles. The molecule has 11 nitrogen and oxygen atoms in total. The standard InChI is InChI=1S/C27H33N5O6/c1-4-37-26(33)24-23(28-27(34)29-25(24)19-5-11-22(12-6-19)38-18(2)3)17-30-13-15-31(16-14-30)20-7-9-21(10-8-20)32(35)36/h5-12,18,25H,4,13-17H2,1-3H3,(H2,28,29,34). The molecule has 0 saturated carbocycles. The Morgan fingerprint density at radius 1 is 1.08 bits per heavy atom. The first-order valence-corrected chi connectivity index (χ1v) is 12.7. The number of nitro benzene ring substituents is 1. The van der Waals surface area contributed by atoms with E-state index in [2.05, 4.69) is 20.4 Å². The van der Waals surface area contributed by atoms with Gasteiger partial charge in [0.05, 0.1) is 29.2 Å². The van der Waals surface area contributed by atoms with Gasteiger partial charge in [-0.2, -0.15) is 0 Å². The van der Waals surface area contributed by atoms with Gasteiger partial charge in [-0.15, -0.1) is 0 Å². The molecule has 2 N–H and O–H groups in total. The van der Waals surface area contributed by atoms with Gasteiger partial charge in [0.1, 0.15) is 5.75 Å². The number of piperazine rings is 1. The van der Waals surface area contributed by atoms with Crippen LogP contribution in [-0.2, 0) is 9.53 Å². The summed E-state index contributed by atoms with van der Waals surface area (Å²) in [6.07, 6.45) is 0.0295. The van der Waals surface area contributed by atoms with Gasteiger partial charge in [-0.25, -0.2) is 9.59 Å². The van der Waals surface area contributed by atoms with Crippen LogP contribution in [0.15, 0.2) is 59.8 Å². The fourth-order valence-electron chi connectivity index (χ4n) is 4.63. The third-order valence-electron chi connectivity index (χ3n) is 6.41. The maximum absolute atomic E-state index is 13.1. The normalized spacial score (nSPS) is 18.2. The largest absolute Gasteiger partial charge is 0.491 e. The maximum Gasteiger partial charge on any atom is 0.338 e. The average Bonchev–Trinajstić information content (AvgIpc) is 2.89. The molecule has 2 amide bonds. The summed E-state index contributed by atoms with van der Waals surface area (Å²) in [5.41, 5.74) is 2.62. The molecule has 2 heterocycles. The van der Waals surface area contributed by atoms with Crippen LogP contribution in [0.2, 0.25) is 0 Å². The molecular weight excluding hydrogens is 490 g/mol. The Kier molecular flexibility index (Phi) is 8.47. The van der Waals surface area contributed by atoms with Gasteiger partial charge in [0.15, 0.2) is 0 Å². The van der Waals surface area contributed by atoms with Gasteiger partial charge >= 0.3 is 12.0 Å². The number of benzene rings is 2. The van der Waals surface area contributed by atoms with Crippen LogP contribution >= 0.6 is 0 Å². The van der Waals surface area contributed by atoms with Crippen LogP contribution in [0.5, 0.6) is 5.75 Å². The molecule has 1 fully saturated rings. The van der Waals surface area contributed by atoms with Crippen molar-refractivity contribution in [3.05, 3.63) is 75.5 Å². The van der Waals surface area contributed by atoms with Crippen molar-refractivity contribution >= 4 is 23.4 Å². The molecule has 0 radical (unpaired) electrons. The van der Waals surface area contributed by atoms with Crippen molar-refractivity contribution in [2.75, 3.05) is 44.2 Å². The van der Waals surface area contributed by atoms with Crippen molar-refractivity contribution in [2.24, 2.45) is 0 Å². The van der Waals surface area contributed by atoms with E-state index in [1.54, 1.807) is 19.1 Å². The molecule has 1 unspecified atom stereocenters. The van der Waals surface area contributed by atoms with Crippen molar-refractivity contribution in [3.63, 3.8) is 0 Å². The number of amides is 2. The van der Waals surface area contributed by atoms with Crippen LogP contribution in [-0.4, -0.2) is 67.3 Å². The second-order valence-corrected chi connectivity index (χ2v) is 9.42. The number of rotatable bonds is 9. The Bertz CT molecular complexity index is 1190. The monoisotopic (exact) mass is 523 g/mol. The molecule has 0 bridgehead atoms. The quantitative estimate of drug-likeness (QED) is 0.291. The first-order chi connectivity index (χ1) is 18.2. The summed E-state index contributed by atoms with van der Waals surface area (Å²) >= 11 is 0. The van der Waals surface area contributed by atoms with Crippen molar-refractivity contribution in [1.29, 1.82) is 0 Å². The fraction of sp³-hybridized carbons (Fsp3) is 0.407. The molecule has 202 valence electrons. The van der Waals surface area contributed by atoms with E-state index in [1.807, 2.05) is 38.1 Å². The molecule has 2 aromatic rings. The summed E-state index contributed by atoms with van der Waals surface area (Å²) < 4.78 is 11.1. The molecule has 0 aromatic heterocycles. The highest BCUT2D eigenvalue weighted by Gasteiger charge is 2.34. The van der Waals surface area contributed by atoms with Crippen LogP contribution in [0.1, 0.15) is 32.4 Å². The van der Waals surface area contributed by atoms with Crippen molar-refractivity contribution < 1.29 is 24.0 Å². The van der Waals surface area contributed by atoms with E-state index in [1.165, 1.54) is 12.1 Å². The summed E-state index contributed by atoms with van der Waals surface area (Å²) in [5.74, 6) is 0.226. The smallest absolute Gasteiger partial charge is 0.338 e. The molecule has 2 aromatic carbocycles. The number of carbonyl (C=O) groups excluding carboxylic acids is 2. The van der Waals surface area contributed by atoms with Crippen LogP contribution in [0.3, 0.4) is 0 Å². The lowest BCUT2D eigenvalue weighted by Gasteiger charge is -2.38. The van der Waals surface area contributed by atoms with E-state index in [0.29, 0.717) is 49.7 Å². The Hall–Kier alpha value is -4.12.